The normalized spacial score (nSPS) is 10.5. The van der Waals surface area contributed by atoms with Gasteiger partial charge in [0.1, 0.15) is 10.3 Å². The zero-order valence-corrected chi connectivity index (χ0v) is 13.1. The second-order valence-electron chi connectivity index (χ2n) is 4.60. The lowest BCUT2D eigenvalue weighted by atomic mass is 10.2. The SMILES string of the molecule is Cc1ccc(F)c(NC(=O)CCn2cc(Br)c([N+](=O)[O-])n2)c1. The molecule has 1 N–H and O–H groups in total. The highest BCUT2D eigenvalue weighted by Gasteiger charge is 2.19. The van der Waals surface area contributed by atoms with Crippen molar-refractivity contribution in [3.8, 4) is 0 Å². The molecule has 1 amide bonds. The van der Waals surface area contributed by atoms with Crippen LogP contribution in [0.5, 0.6) is 0 Å². The first-order valence-electron chi connectivity index (χ1n) is 6.30. The van der Waals surface area contributed by atoms with E-state index >= 15 is 0 Å². The summed E-state index contributed by atoms with van der Waals surface area (Å²) in [6, 6.07) is 4.41. The van der Waals surface area contributed by atoms with E-state index in [-0.39, 0.29) is 28.9 Å². The molecule has 1 aromatic heterocycles. The Bertz CT molecular complexity index is 732. The molecular weight excluding hydrogens is 359 g/mol. The van der Waals surface area contributed by atoms with Gasteiger partial charge in [-0.2, -0.15) is 4.68 Å². The maximum atomic E-state index is 13.5. The van der Waals surface area contributed by atoms with Crippen molar-refractivity contribution in [1.29, 1.82) is 0 Å². The maximum absolute atomic E-state index is 13.5. The van der Waals surface area contributed by atoms with Gasteiger partial charge in [0.2, 0.25) is 5.91 Å². The van der Waals surface area contributed by atoms with Crippen LogP contribution in [0.4, 0.5) is 15.9 Å². The highest BCUT2D eigenvalue weighted by atomic mass is 79.9. The van der Waals surface area contributed by atoms with E-state index in [4.69, 9.17) is 0 Å². The fraction of sp³-hybridized carbons (Fsp3) is 0.231. The third kappa shape index (κ3) is 3.88. The number of carbonyl (C=O) groups excluding carboxylic acids is 1. The summed E-state index contributed by atoms with van der Waals surface area (Å²) >= 11 is 3.02. The number of halogens is 2. The summed E-state index contributed by atoms with van der Waals surface area (Å²) in [5, 5.41) is 16.9. The van der Waals surface area contributed by atoms with Crippen LogP contribution in [0, 0.1) is 22.9 Å². The molecule has 0 bridgehead atoms. The highest BCUT2D eigenvalue weighted by Crippen LogP contribution is 2.22. The molecule has 1 heterocycles. The highest BCUT2D eigenvalue weighted by molar-refractivity contribution is 9.10. The first-order valence-corrected chi connectivity index (χ1v) is 7.09. The van der Waals surface area contributed by atoms with Crippen LogP contribution >= 0.6 is 15.9 Å². The number of rotatable bonds is 5. The summed E-state index contributed by atoms with van der Waals surface area (Å²) in [5.41, 5.74) is 0.931. The van der Waals surface area contributed by atoms with Crippen LogP contribution < -0.4 is 5.32 Å². The molecule has 116 valence electrons. The molecule has 0 aliphatic rings. The lowest BCUT2D eigenvalue weighted by Gasteiger charge is -2.06. The summed E-state index contributed by atoms with van der Waals surface area (Å²) in [5.74, 6) is -1.24. The van der Waals surface area contributed by atoms with Gasteiger partial charge in [0, 0.05) is 6.42 Å². The van der Waals surface area contributed by atoms with Gasteiger partial charge in [-0.1, -0.05) is 6.07 Å². The third-order valence-electron chi connectivity index (χ3n) is 2.84. The second-order valence-corrected chi connectivity index (χ2v) is 5.46. The zero-order chi connectivity index (χ0) is 16.3. The minimum absolute atomic E-state index is 0.0126. The summed E-state index contributed by atoms with van der Waals surface area (Å²) in [6.45, 7) is 1.93. The van der Waals surface area contributed by atoms with E-state index in [1.54, 1.807) is 13.0 Å². The number of anilines is 1. The van der Waals surface area contributed by atoms with Crippen molar-refractivity contribution in [2.75, 3.05) is 5.32 Å². The van der Waals surface area contributed by atoms with Gasteiger partial charge in [0.15, 0.2) is 0 Å². The van der Waals surface area contributed by atoms with Gasteiger partial charge in [-0.25, -0.2) is 4.39 Å². The van der Waals surface area contributed by atoms with Gasteiger partial charge in [0.05, 0.1) is 23.5 Å². The Morgan fingerprint density at radius 3 is 2.91 bits per heavy atom. The number of amides is 1. The number of aryl methyl sites for hydroxylation is 2. The van der Waals surface area contributed by atoms with Crippen molar-refractivity contribution in [2.24, 2.45) is 0 Å². The lowest BCUT2D eigenvalue weighted by molar-refractivity contribution is -0.390. The summed E-state index contributed by atoms with van der Waals surface area (Å²) < 4.78 is 15.0. The minimum Gasteiger partial charge on any atom is -0.358 e. The van der Waals surface area contributed by atoms with E-state index in [0.717, 1.165) is 5.56 Å². The summed E-state index contributed by atoms with van der Waals surface area (Å²) in [6.07, 6.45) is 1.43. The lowest BCUT2D eigenvalue weighted by Crippen LogP contribution is -2.15. The minimum atomic E-state index is -0.622. The number of carbonyl (C=O) groups is 1. The topological polar surface area (TPSA) is 90.1 Å². The number of nitrogens with zero attached hydrogens (tertiary/aromatic N) is 3. The maximum Gasteiger partial charge on any atom is 0.404 e. The van der Waals surface area contributed by atoms with E-state index in [1.165, 1.54) is 23.0 Å². The van der Waals surface area contributed by atoms with Crippen LogP contribution in [0.3, 0.4) is 0 Å². The van der Waals surface area contributed by atoms with E-state index in [2.05, 4.69) is 26.3 Å². The summed E-state index contributed by atoms with van der Waals surface area (Å²) in [7, 11) is 0. The van der Waals surface area contributed by atoms with E-state index in [9.17, 15) is 19.3 Å². The van der Waals surface area contributed by atoms with Crippen LogP contribution in [0.2, 0.25) is 0 Å². The van der Waals surface area contributed by atoms with Crippen molar-refractivity contribution in [1.82, 2.24) is 9.78 Å². The Morgan fingerprint density at radius 2 is 2.27 bits per heavy atom. The predicted octanol–water partition coefficient (Wildman–Crippen LogP) is 3.03. The predicted molar refractivity (Wildman–Crippen MR) is 81.0 cm³/mol. The Morgan fingerprint density at radius 1 is 1.55 bits per heavy atom. The quantitative estimate of drug-likeness (QED) is 0.646. The number of hydrogen-bond acceptors (Lipinski definition) is 4. The average molecular weight is 371 g/mol. The molecule has 0 radical (unpaired) electrons. The molecule has 2 rings (SSSR count). The Kier molecular flexibility index (Phi) is 4.86. The molecule has 7 nitrogen and oxygen atoms in total. The molecule has 0 fully saturated rings. The van der Waals surface area contributed by atoms with Crippen LogP contribution in [-0.2, 0) is 11.3 Å². The molecular formula is C13H12BrFN4O3. The Balaban J connectivity index is 1.97. The first-order chi connectivity index (χ1) is 10.4. The molecule has 9 heteroatoms. The zero-order valence-electron chi connectivity index (χ0n) is 11.5. The van der Waals surface area contributed by atoms with Crippen LogP contribution in [0.1, 0.15) is 12.0 Å². The fourth-order valence-corrected chi connectivity index (χ4v) is 2.25. The molecule has 0 aliphatic carbocycles. The molecule has 0 saturated heterocycles. The Labute approximate surface area is 133 Å². The van der Waals surface area contributed by atoms with E-state index in [1.807, 2.05) is 0 Å². The number of benzene rings is 1. The standard InChI is InChI=1S/C13H12BrFN4O3/c1-8-2-3-10(15)11(6-8)16-12(20)4-5-18-7-9(14)13(17-18)19(21)22/h2-3,6-7H,4-5H2,1H3,(H,16,20). The molecule has 0 atom stereocenters. The molecule has 0 aliphatic heterocycles. The molecule has 0 unspecified atom stereocenters. The average Bonchev–Trinajstić information content (AvgIpc) is 2.82. The van der Waals surface area contributed by atoms with Gasteiger partial charge in [0.25, 0.3) is 0 Å². The molecule has 1 aromatic carbocycles. The molecule has 0 spiro atoms. The largest absolute Gasteiger partial charge is 0.404 e. The first kappa shape index (κ1) is 16.1. The van der Waals surface area contributed by atoms with Gasteiger partial charge < -0.3 is 15.4 Å². The fourth-order valence-electron chi connectivity index (χ4n) is 1.79. The van der Waals surface area contributed by atoms with Gasteiger partial charge >= 0.3 is 5.82 Å². The third-order valence-corrected chi connectivity index (χ3v) is 3.40. The number of aromatic nitrogens is 2. The van der Waals surface area contributed by atoms with E-state index < -0.39 is 16.6 Å². The monoisotopic (exact) mass is 370 g/mol. The van der Waals surface area contributed by atoms with E-state index in [0.29, 0.717) is 0 Å². The molecule has 0 saturated carbocycles. The van der Waals surface area contributed by atoms with Crippen molar-refractivity contribution in [3.63, 3.8) is 0 Å². The van der Waals surface area contributed by atoms with Crippen molar-refractivity contribution in [3.05, 3.63) is 50.4 Å². The van der Waals surface area contributed by atoms with Crippen molar-refractivity contribution in [2.45, 2.75) is 19.9 Å². The number of nitrogens with one attached hydrogen (secondary N) is 1. The summed E-state index contributed by atoms with van der Waals surface area (Å²) in [4.78, 5) is 21.9. The number of hydrogen-bond donors (Lipinski definition) is 1. The number of nitro groups is 1. The van der Waals surface area contributed by atoms with Crippen LogP contribution in [-0.4, -0.2) is 20.6 Å². The smallest absolute Gasteiger partial charge is 0.358 e. The van der Waals surface area contributed by atoms with Gasteiger partial charge in [-0.15, -0.1) is 0 Å². The second kappa shape index (κ2) is 6.65. The van der Waals surface area contributed by atoms with Crippen LogP contribution in [0.15, 0.2) is 28.9 Å². The van der Waals surface area contributed by atoms with Crippen molar-refractivity contribution < 1.29 is 14.1 Å². The van der Waals surface area contributed by atoms with Crippen LogP contribution in [0.25, 0.3) is 0 Å². The molecule has 22 heavy (non-hydrogen) atoms. The van der Waals surface area contributed by atoms with Gasteiger partial charge in [-0.3, -0.25) is 4.79 Å². The van der Waals surface area contributed by atoms with Gasteiger partial charge in [-0.05, 0) is 45.5 Å². The van der Waals surface area contributed by atoms with Crippen molar-refractivity contribution >= 4 is 33.3 Å². The Hall–Kier alpha value is -2.29. The molecule has 2 aromatic rings.